The molecule has 1 saturated heterocycles. The molecule has 1 saturated carbocycles. The van der Waals surface area contributed by atoms with Crippen LogP contribution in [0.15, 0.2) is 47.1 Å². The maximum atomic E-state index is 13.4. The fraction of sp³-hybridized carbons (Fsp3) is 0.455. The number of hydrogen-bond donors (Lipinski definition) is 0. The summed E-state index contributed by atoms with van der Waals surface area (Å²) in [5.74, 6) is 0.405. The zero-order valence-electron chi connectivity index (χ0n) is 16.0. The van der Waals surface area contributed by atoms with Gasteiger partial charge < -0.3 is 14.2 Å². The van der Waals surface area contributed by atoms with Crippen LogP contribution in [0.5, 0.6) is 0 Å². The predicted octanol–water partition coefficient (Wildman–Crippen LogP) is 4.54. The van der Waals surface area contributed by atoms with Crippen molar-refractivity contribution in [2.45, 2.75) is 44.7 Å². The van der Waals surface area contributed by atoms with E-state index in [-0.39, 0.29) is 23.8 Å². The molecule has 148 valence electrons. The third kappa shape index (κ3) is 3.81. The molecule has 6 heteroatoms. The van der Waals surface area contributed by atoms with Crippen LogP contribution >= 0.6 is 11.6 Å². The van der Waals surface area contributed by atoms with Crippen LogP contribution in [0, 0.1) is 5.92 Å². The monoisotopic (exact) mass is 400 g/mol. The summed E-state index contributed by atoms with van der Waals surface area (Å²) >= 11 is 6.39. The van der Waals surface area contributed by atoms with E-state index in [0.717, 1.165) is 18.4 Å². The molecular weight excluding hydrogens is 376 g/mol. The van der Waals surface area contributed by atoms with Crippen LogP contribution in [0.25, 0.3) is 0 Å². The van der Waals surface area contributed by atoms with Crippen LogP contribution in [0.4, 0.5) is 0 Å². The van der Waals surface area contributed by atoms with Gasteiger partial charge >= 0.3 is 0 Å². The molecule has 2 aliphatic rings. The Morgan fingerprint density at radius 2 is 1.82 bits per heavy atom. The first kappa shape index (κ1) is 19.1. The van der Waals surface area contributed by atoms with Crippen molar-refractivity contribution in [1.29, 1.82) is 0 Å². The summed E-state index contributed by atoms with van der Waals surface area (Å²) < 4.78 is 5.21. The highest BCUT2D eigenvalue weighted by atomic mass is 35.5. The van der Waals surface area contributed by atoms with E-state index >= 15 is 0 Å². The van der Waals surface area contributed by atoms with Crippen LogP contribution in [0.3, 0.4) is 0 Å². The van der Waals surface area contributed by atoms with E-state index in [1.165, 1.54) is 6.26 Å². The Balaban J connectivity index is 1.43. The van der Waals surface area contributed by atoms with Crippen molar-refractivity contribution in [2.24, 2.45) is 5.92 Å². The number of likely N-dealkylation sites (tertiary alicyclic amines) is 1. The van der Waals surface area contributed by atoms with Gasteiger partial charge in [-0.3, -0.25) is 9.59 Å². The molecule has 0 spiro atoms. The molecule has 2 aromatic rings. The first-order valence-corrected chi connectivity index (χ1v) is 10.3. The molecule has 2 amide bonds. The molecule has 0 bridgehead atoms. The molecular formula is C22H25ClN2O3. The second kappa shape index (κ2) is 8.00. The molecule has 2 fully saturated rings. The summed E-state index contributed by atoms with van der Waals surface area (Å²) in [4.78, 5) is 29.6. The highest BCUT2D eigenvalue weighted by Crippen LogP contribution is 2.38. The molecule has 1 aromatic carbocycles. The fourth-order valence-electron chi connectivity index (χ4n) is 4.10. The van der Waals surface area contributed by atoms with E-state index in [2.05, 4.69) is 6.92 Å². The van der Waals surface area contributed by atoms with Gasteiger partial charge in [0.2, 0.25) is 5.91 Å². The lowest BCUT2D eigenvalue weighted by atomic mass is 9.93. The van der Waals surface area contributed by atoms with Crippen molar-refractivity contribution in [3.63, 3.8) is 0 Å². The van der Waals surface area contributed by atoms with Crippen molar-refractivity contribution in [3.8, 4) is 0 Å². The van der Waals surface area contributed by atoms with Gasteiger partial charge in [0.25, 0.3) is 5.91 Å². The van der Waals surface area contributed by atoms with Gasteiger partial charge in [-0.25, -0.2) is 0 Å². The maximum absolute atomic E-state index is 13.4. The Bertz CT molecular complexity index is 839. The number of carbonyl (C=O) groups excluding carboxylic acids is 2. The van der Waals surface area contributed by atoms with E-state index in [1.807, 2.05) is 29.2 Å². The standard InChI is InChI=1S/C22H25ClN2O3/c1-15(18-5-2-3-6-19(18)23)25(17-8-9-17)21(26)16-10-12-24(13-11-16)22(27)20-7-4-14-28-20/h2-7,14-17H,8-13H2,1H3. The van der Waals surface area contributed by atoms with Crippen molar-refractivity contribution in [1.82, 2.24) is 9.80 Å². The van der Waals surface area contributed by atoms with Crippen LogP contribution in [0.2, 0.25) is 5.02 Å². The average molecular weight is 401 g/mol. The van der Waals surface area contributed by atoms with Crippen molar-refractivity contribution < 1.29 is 14.0 Å². The van der Waals surface area contributed by atoms with Gasteiger partial charge in [0.15, 0.2) is 5.76 Å². The Morgan fingerprint density at radius 1 is 1.11 bits per heavy atom. The number of halogens is 1. The Hall–Kier alpha value is -2.27. The lowest BCUT2D eigenvalue weighted by molar-refractivity contribution is -0.139. The Kier molecular flexibility index (Phi) is 5.44. The van der Waals surface area contributed by atoms with Gasteiger partial charge in [-0.1, -0.05) is 29.8 Å². The summed E-state index contributed by atoms with van der Waals surface area (Å²) in [5.41, 5.74) is 0.995. The summed E-state index contributed by atoms with van der Waals surface area (Å²) in [6.07, 6.45) is 4.98. The third-order valence-electron chi connectivity index (χ3n) is 5.83. The van der Waals surface area contributed by atoms with Gasteiger partial charge in [-0.15, -0.1) is 0 Å². The van der Waals surface area contributed by atoms with Crippen LogP contribution in [0.1, 0.15) is 54.8 Å². The Morgan fingerprint density at radius 3 is 2.43 bits per heavy atom. The zero-order valence-corrected chi connectivity index (χ0v) is 16.8. The number of hydrogen-bond acceptors (Lipinski definition) is 3. The minimum absolute atomic E-state index is 0.0449. The number of carbonyl (C=O) groups is 2. The number of piperidine rings is 1. The van der Waals surface area contributed by atoms with E-state index in [4.69, 9.17) is 16.0 Å². The number of rotatable bonds is 5. The van der Waals surface area contributed by atoms with Gasteiger partial charge in [-0.05, 0) is 56.4 Å². The highest BCUT2D eigenvalue weighted by molar-refractivity contribution is 6.31. The SMILES string of the molecule is CC(c1ccccc1Cl)N(C(=O)C1CCN(C(=O)c2ccco2)CC1)C1CC1. The molecule has 1 aliphatic carbocycles. The molecule has 28 heavy (non-hydrogen) atoms. The fourth-order valence-corrected chi connectivity index (χ4v) is 4.39. The van der Waals surface area contributed by atoms with E-state index in [9.17, 15) is 9.59 Å². The molecule has 1 atom stereocenters. The van der Waals surface area contributed by atoms with Gasteiger partial charge in [-0.2, -0.15) is 0 Å². The normalized spacial score (nSPS) is 18.7. The molecule has 2 heterocycles. The molecule has 1 aliphatic heterocycles. The summed E-state index contributed by atoms with van der Waals surface area (Å²) in [5, 5.41) is 0.701. The molecule has 0 N–H and O–H groups in total. The lowest BCUT2D eigenvalue weighted by Gasteiger charge is -2.37. The topological polar surface area (TPSA) is 53.8 Å². The first-order chi connectivity index (χ1) is 13.6. The molecule has 0 radical (unpaired) electrons. The van der Waals surface area contributed by atoms with Crippen molar-refractivity contribution in [3.05, 3.63) is 59.0 Å². The van der Waals surface area contributed by atoms with Gasteiger partial charge in [0.1, 0.15) is 0 Å². The number of amides is 2. The summed E-state index contributed by atoms with van der Waals surface area (Å²) in [6, 6.07) is 11.4. The smallest absolute Gasteiger partial charge is 0.289 e. The van der Waals surface area contributed by atoms with Crippen molar-refractivity contribution >= 4 is 23.4 Å². The van der Waals surface area contributed by atoms with Crippen LogP contribution in [-0.2, 0) is 4.79 Å². The average Bonchev–Trinajstić information content (AvgIpc) is 3.39. The number of nitrogens with zero attached hydrogens (tertiary/aromatic N) is 2. The second-order valence-corrected chi connectivity index (χ2v) is 8.13. The minimum Gasteiger partial charge on any atom is -0.459 e. The zero-order chi connectivity index (χ0) is 19.7. The maximum Gasteiger partial charge on any atom is 0.289 e. The number of furan rings is 1. The van der Waals surface area contributed by atoms with Crippen molar-refractivity contribution in [2.75, 3.05) is 13.1 Å². The first-order valence-electron chi connectivity index (χ1n) is 9.95. The minimum atomic E-state index is -0.0978. The van der Waals surface area contributed by atoms with Crippen LogP contribution in [-0.4, -0.2) is 40.7 Å². The molecule has 4 rings (SSSR count). The van der Waals surface area contributed by atoms with Gasteiger partial charge in [0.05, 0.1) is 12.3 Å². The largest absolute Gasteiger partial charge is 0.459 e. The quantitative estimate of drug-likeness (QED) is 0.740. The van der Waals surface area contributed by atoms with Gasteiger partial charge in [0, 0.05) is 30.1 Å². The lowest BCUT2D eigenvalue weighted by Crippen LogP contribution is -2.45. The summed E-state index contributed by atoms with van der Waals surface area (Å²) in [7, 11) is 0. The molecule has 1 unspecified atom stereocenters. The second-order valence-electron chi connectivity index (χ2n) is 7.72. The van der Waals surface area contributed by atoms with E-state index in [0.29, 0.717) is 42.8 Å². The summed E-state index contributed by atoms with van der Waals surface area (Å²) in [6.45, 7) is 3.22. The molecule has 5 nitrogen and oxygen atoms in total. The van der Waals surface area contributed by atoms with E-state index in [1.54, 1.807) is 17.0 Å². The predicted molar refractivity (Wildman–Crippen MR) is 107 cm³/mol. The highest BCUT2D eigenvalue weighted by Gasteiger charge is 2.40. The molecule has 1 aromatic heterocycles. The van der Waals surface area contributed by atoms with E-state index < -0.39 is 0 Å². The van der Waals surface area contributed by atoms with Crippen LogP contribution < -0.4 is 0 Å². The Labute approximate surface area is 170 Å². The number of benzene rings is 1. The third-order valence-corrected chi connectivity index (χ3v) is 6.17.